The highest BCUT2D eigenvalue weighted by molar-refractivity contribution is 7.99. The molecule has 7 heteroatoms. The lowest BCUT2D eigenvalue weighted by Gasteiger charge is -2.01. The smallest absolute Gasteiger partial charge is 0.260 e. The summed E-state index contributed by atoms with van der Waals surface area (Å²) in [7, 11) is 0. The second-order valence-electron chi connectivity index (χ2n) is 4.82. The number of nitrogens with two attached hydrogens (primary N) is 1. The SMILES string of the molecule is Cc1ccc(-c2csc3nc(SCC(N)=O)[nH]c(=O)c23)cc1. The van der Waals surface area contributed by atoms with Gasteiger partial charge in [-0.1, -0.05) is 41.6 Å². The summed E-state index contributed by atoms with van der Waals surface area (Å²) < 4.78 is 0. The van der Waals surface area contributed by atoms with Gasteiger partial charge in [0.15, 0.2) is 5.16 Å². The first-order chi connectivity index (χ1) is 10.5. The first-order valence-corrected chi connectivity index (χ1v) is 8.41. The van der Waals surface area contributed by atoms with Gasteiger partial charge in [0.2, 0.25) is 5.91 Å². The zero-order chi connectivity index (χ0) is 15.7. The number of amides is 1. The third kappa shape index (κ3) is 2.90. The van der Waals surface area contributed by atoms with E-state index in [2.05, 4.69) is 9.97 Å². The Bertz CT molecular complexity index is 897. The zero-order valence-electron chi connectivity index (χ0n) is 11.8. The summed E-state index contributed by atoms with van der Waals surface area (Å²) in [4.78, 5) is 30.9. The number of nitrogens with one attached hydrogen (secondary N) is 1. The van der Waals surface area contributed by atoms with E-state index < -0.39 is 5.91 Å². The van der Waals surface area contributed by atoms with Gasteiger partial charge < -0.3 is 10.7 Å². The summed E-state index contributed by atoms with van der Waals surface area (Å²) in [6.45, 7) is 2.02. The molecule has 0 saturated heterocycles. The zero-order valence-corrected chi connectivity index (χ0v) is 13.4. The van der Waals surface area contributed by atoms with Crippen molar-refractivity contribution in [2.24, 2.45) is 5.73 Å². The van der Waals surface area contributed by atoms with Gasteiger partial charge >= 0.3 is 0 Å². The van der Waals surface area contributed by atoms with Crippen molar-refractivity contribution in [1.82, 2.24) is 9.97 Å². The quantitative estimate of drug-likeness (QED) is 0.568. The standard InChI is InChI=1S/C15H13N3O2S2/c1-8-2-4-9(5-3-8)10-6-21-14-12(10)13(20)17-15(18-14)22-7-11(16)19/h2-6H,7H2,1H3,(H2,16,19)(H,17,18,20). The fraction of sp³-hybridized carbons (Fsp3) is 0.133. The van der Waals surface area contributed by atoms with Gasteiger partial charge in [-0.25, -0.2) is 4.98 Å². The van der Waals surface area contributed by atoms with E-state index in [-0.39, 0.29) is 11.3 Å². The molecule has 5 nitrogen and oxygen atoms in total. The lowest BCUT2D eigenvalue weighted by molar-refractivity contribution is -0.115. The fourth-order valence-corrected chi connectivity index (χ4v) is 3.69. The lowest BCUT2D eigenvalue weighted by atomic mass is 10.1. The van der Waals surface area contributed by atoms with Crippen LogP contribution in [0.2, 0.25) is 0 Å². The van der Waals surface area contributed by atoms with Crippen LogP contribution in [0, 0.1) is 6.92 Å². The number of thiophene rings is 1. The summed E-state index contributed by atoms with van der Waals surface area (Å²) in [5.74, 6) is -0.357. The minimum Gasteiger partial charge on any atom is -0.369 e. The third-order valence-corrected chi connectivity index (χ3v) is 4.90. The molecule has 3 aromatic rings. The summed E-state index contributed by atoms with van der Waals surface area (Å²) in [6, 6.07) is 8.01. The Labute approximate surface area is 134 Å². The molecule has 0 saturated carbocycles. The highest BCUT2D eigenvalue weighted by Crippen LogP contribution is 2.31. The number of primary amides is 1. The van der Waals surface area contributed by atoms with Crippen molar-refractivity contribution in [3.05, 3.63) is 45.6 Å². The van der Waals surface area contributed by atoms with E-state index in [9.17, 15) is 9.59 Å². The lowest BCUT2D eigenvalue weighted by Crippen LogP contribution is -2.15. The number of aromatic nitrogens is 2. The number of aryl methyl sites for hydroxylation is 1. The summed E-state index contributed by atoms with van der Waals surface area (Å²) in [5, 5.41) is 2.92. The molecule has 0 bridgehead atoms. The number of benzene rings is 1. The molecule has 1 amide bonds. The fourth-order valence-electron chi connectivity index (χ4n) is 2.08. The number of carbonyl (C=O) groups is 1. The van der Waals surface area contributed by atoms with Crippen LogP contribution in [0.25, 0.3) is 21.3 Å². The molecule has 0 radical (unpaired) electrons. The first kappa shape index (κ1) is 14.8. The molecule has 0 fully saturated rings. The minimum atomic E-state index is -0.445. The van der Waals surface area contributed by atoms with Crippen LogP contribution in [0.1, 0.15) is 5.56 Å². The number of aromatic amines is 1. The molecular weight excluding hydrogens is 318 g/mol. The number of H-pyrrole nitrogens is 1. The Kier molecular flexibility index (Phi) is 4.00. The Morgan fingerprint density at radius 1 is 1.36 bits per heavy atom. The molecule has 0 aliphatic carbocycles. The van der Waals surface area contributed by atoms with Crippen LogP contribution in [0.15, 0.2) is 39.6 Å². The van der Waals surface area contributed by atoms with Crippen LogP contribution in [0.3, 0.4) is 0 Å². The number of hydrogen-bond donors (Lipinski definition) is 2. The highest BCUT2D eigenvalue weighted by atomic mass is 32.2. The van der Waals surface area contributed by atoms with Gasteiger partial charge in [-0.05, 0) is 12.5 Å². The van der Waals surface area contributed by atoms with Crippen LogP contribution in [-0.2, 0) is 4.79 Å². The van der Waals surface area contributed by atoms with Crippen molar-refractivity contribution in [2.75, 3.05) is 5.75 Å². The van der Waals surface area contributed by atoms with Gasteiger partial charge in [-0.15, -0.1) is 11.3 Å². The van der Waals surface area contributed by atoms with Crippen LogP contribution >= 0.6 is 23.1 Å². The number of rotatable bonds is 4. The Balaban J connectivity index is 2.06. The number of thioether (sulfide) groups is 1. The molecule has 2 aromatic heterocycles. The predicted octanol–water partition coefficient (Wildman–Crippen LogP) is 2.54. The second-order valence-corrected chi connectivity index (χ2v) is 6.64. The molecule has 112 valence electrons. The molecule has 0 aliphatic rings. The van der Waals surface area contributed by atoms with Gasteiger partial charge in [0.1, 0.15) is 4.83 Å². The van der Waals surface area contributed by atoms with Crippen LogP contribution < -0.4 is 11.3 Å². The predicted molar refractivity (Wildman–Crippen MR) is 90.3 cm³/mol. The maximum absolute atomic E-state index is 12.3. The monoisotopic (exact) mass is 331 g/mol. The summed E-state index contributed by atoms with van der Waals surface area (Å²) >= 11 is 2.54. The van der Waals surface area contributed by atoms with Crippen LogP contribution in [0.4, 0.5) is 0 Å². The molecule has 0 unspecified atom stereocenters. The van der Waals surface area contributed by atoms with Gasteiger partial charge in [-0.3, -0.25) is 9.59 Å². The molecule has 22 heavy (non-hydrogen) atoms. The van der Waals surface area contributed by atoms with E-state index in [1.54, 1.807) is 0 Å². The van der Waals surface area contributed by atoms with Crippen LogP contribution in [0.5, 0.6) is 0 Å². The molecule has 2 heterocycles. The van der Waals surface area contributed by atoms with Gasteiger partial charge in [0.05, 0.1) is 11.1 Å². The maximum atomic E-state index is 12.3. The van der Waals surface area contributed by atoms with E-state index in [1.807, 2.05) is 36.6 Å². The number of fused-ring (bicyclic) bond motifs is 1. The van der Waals surface area contributed by atoms with Crippen molar-refractivity contribution >= 4 is 39.2 Å². The summed E-state index contributed by atoms with van der Waals surface area (Å²) in [5.41, 5.74) is 7.94. The maximum Gasteiger partial charge on any atom is 0.260 e. The van der Waals surface area contributed by atoms with E-state index >= 15 is 0 Å². The Morgan fingerprint density at radius 3 is 2.77 bits per heavy atom. The summed E-state index contributed by atoms with van der Waals surface area (Å²) in [6.07, 6.45) is 0. The highest BCUT2D eigenvalue weighted by Gasteiger charge is 2.13. The largest absolute Gasteiger partial charge is 0.369 e. The normalized spacial score (nSPS) is 11.0. The van der Waals surface area contributed by atoms with Gasteiger partial charge in [0, 0.05) is 10.9 Å². The molecule has 0 aliphatic heterocycles. The molecular formula is C15H13N3O2S2. The topological polar surface area (TPSA) is 88.8 Å². The van der Waals surface area contributed by atoms with E-state index in [1.165, 1.54) is 16.9 Å². The molecule has 3 N–H and O–H groups in total. The Morgan fingerprint density at radius 2 is 2.09 bits per heavy atom. The van der Waals surface area contributed by atoms with E-state index in [0.29, 0.717) is 15.4 Å². The molecule has 3 rings (SSSR count). The van der Waals surface area contributed by atoms with Crippen molar-refractivity contribution in [1.29, 1.82) is 0 Å². The van der Waals surface area contributed by atoms with Gasteiger partial charge in [0.25, 0.3) is 5.56 Å². The number of nitrogens with zero attached hydrogens (tertiary/aromatic N) is 1. The van der Waals surface area contributed by atoms with E-state index in [4.69, 9.17) is 5.73 Å². The van der Waals surface area contributed by atoms with Crippen LogP contribution in [-0.4, -0.2) is 21.6 Å². The van der Waals surface area contributed by atoms with Crippen molar-refractivity contribution in [2.45, 2.75) is 12.1 Å². The second kappa shape index (κ2) is 5.94. The van der Waals surface area contributed by atoms with E-state index in [0.717, 1.165) is 22.9 Å². The third-order valence-electron chi connectivity index (χ3n) is 3.14. The van der Waals surface area contributed by atoms with Crippen molar-refractivity contribution in [3.8, 4) is 11.1 Å². The minimum absolute atomic E-state index is 0.0879. The Hall–Kier alpha value is -2.12. The van der Waals surface area contributed by atoms with Gasteiger partial charge in [-0.2, -0.15) is 0 Å². The molecule has 0 spiro atoms. The molecule has 0 atom stereocenters. The average Bonchev–Trinajstić information content (AvgIpc) is 2.90. The number of carbonyl (C=O) groups excluding carboxylic acids is 1. The first-order valence-electron chi connectivity index (χ1n) is 6.54. The number of hydrogen-bond acceptors (Lipinski definition) is 5. The van der Waals surface area contributed by atoms with Crippen molar-refractivity contribution < 1.29 is 4.79 Å². The van der Waals surface area contributed by atoms with Crippen molar-refractivity contribution in [3.63, 3.8) is 0 Å². The molecule has 1 aromatic carbocycles. The average molecular weight is 331 g/mol.